The van der Waals surface area contributed by atoms with Gasteiger partial charge in [0.25, 0.3) is 0 Å². The molecule has 2 aliphatic heterocycles. The summed E-state index contributed by atoms with van der Waals surface area (Å²) in [4.78, 5) is 14.5. The fraction of sp³-hybridized carbons (Fsp3) is 0.533. The molecule has 2 aliphatic rings. The van der Waals surface area contributed by atoms with Gasteiger partial charge in [-0.05, 0) is 43.5 Å². The van der Waals surface area contributed by atoms with Crippen molar-refractivity contribution in [3.8, 4) is 0 Å². The molecule has 0 bridgehead atoms. The molecule has 1 spiro atoms. The lowest BCUT2D eigenvalue weighted by Crippen LogP contribution is -2.45. The fourth-order valence-electron chi connectivity index (χ4n) is 3.22. The van der Waals surface area contributed by atoms with Crippen LogP contribution in [0.1, 0.15) is 24.8 Å². The van der Waals surface area contributed by atoms with Crippen LogP contribution in [0.5, 0.6) is 0 Å². The molecule has 2 fully saturated rings. The summed E-state index contributed by atoms with van der Waals surface area (Å²) in [6.07, 6.45) is 3.02. The van der Waals surface area contributed by atoms with Crippen molar-refractivity contribution in [2.75, 3.05) is 19.6 Å². The highest BCUT2D eigenvalue weighted by Crippen LogP contribution is 2.38. The van der Waals surface area contributed by atoms with E-state index >= 15 is 0 Å². The third-order valence-electron chi connectivity index (χ3n) is 4.36. The van der Waals surface area contributed by atoms with Crippen molar-refractivity contribution in [1.29, 1.82) is 0 Å². The van der Waals surface area contributed by atoms with Crippen LogP contribution in [0.2, 0.25) is 0 Å². The number of nitrogens with zero attached hydrogens (tertiary/aromatic N) is 1. The van der Waals surface area contributed by atoms with Gasteiger partial charge >= 0.3 is 0 Å². The van der Waals surface area contributed by atoms with E-state index in [4.69, 9.17) is 0 Å². The van der Waals surface area contributed by atoms with Gasteiger partial charge in [0.2, 0.25) is 5.91 Å². The van der Waals surface area contributed by atoms with E-state index in [0.29, 0.717) is 6.54 Å². The van der Waals surface area contributed by atoms with Gasteiger partial charge in [-0.2, -0.15) is 0 Å². The Balaban J connectivity index is 1.70. The van der Waals surface area contributed by atoms with E-state index in [9.17, 15) is 9.18 Å². The van der Waals surface area contributed by atoms with Gasteiger partial charge in [0, 0.05) is 19.6 Å². The van der Waals surface area contributed by atoms with E-state index in [1.807, 2.05) is 4.90 Å². The number of carbonyl (C=O) groups is 1. The minimum atomic E-state index is -0.232. The van der Waals surface area contributed by atoms with Crippen LogP contribution in [0.4, 0.5) is 4.39 Å². The van der Waals surface area contributed by atoms with Gasteiger partial charge in [-0.15, -0.1) is 0 Å². The largest absolute Gasteiger partial charge is 0.338 e. The van der Waals surface area contributed by atoms with Crippen LogP contribution in [0, 0.1) is 11.2 Å². The van der Waals surface area contributed by atoms with Gasteiger partial charge < -0.3 is 10.2 Å². The molecular formula is C15H19FN2O. The van der Waals surface area contributed by atoms with Crippen molar-refractivity contribution < 1.29 is 9.18 Å². The van der Waals surface area contributed by atoms with Gasteiger partial charge in [0.1, 0.15) is 5.82 Å². The maximum absolute atomic E-state index is 12.9. The first-order valence-electron chi connectivity index (χ1n) is 6.94. The van der Waals surface area contributed by atoms with Crippen molar-refractivity contribution in [3.63, 3.8) is 0 Å². The van der Waals surface area contributed by atoms with Crippen LogP contribution >= 0.6 is 0 Å². The minimum Gasteiger partial charge on any atom is -0.338 e. The number of rotatable bonds is 2. The number of hydrogen-bond donors (Lipinski definition) is 1. The number of amides is 1. The second-order valence-corrected chi connectivity index (χ2v) is 5.66. The number of carbonyl (C=O) groups excluding carboxylic acids is 1. The molecule has 19 heavy (non-hydrogen) atoms. The Kier molecular flexibility index (Phi) is 3.27. The average Bonchev–Trinajstić information content (AvgIpc) is 2.72. The van der Waals surface area contributed by atoms with E-state index in [1.54, 1.807) is 12.1 Å². The van der Waals surface area contributed by atoms with Crippen LogP contribution in [0.25, 0.3) is 0 Å². The third kappa shape index (κ3) is 2.37. The third-order valence-corrected chi connectivity index (χ3v) is 4.36. The Morgan fingerprint density at radius 2 is 2.05 bits per heavy atom. The summed E-state index contributed by atoms with van der Waals surface area (Å²) in [7, 11) is 0. The molecule has 2 heterocycles. The number of hydrogen-bond acceptors (Lipinski definition) is 2. The molecule has 0 radical (unpaired) electrons. The fourth-order valence-corrected chi connectivity index (χ4v) is 3.22. The number of benzene rings is 1. The molecule has 0 aromatic heterocycles. The molecule has 4 heteroatoms. The first-order valence-corrected chi connectivity index (χ1v) is 6.94. The van der Waals surface area contributed by atoms with Crippen LogP contribution < -0.4 is 5.32 Å². The van der Waals surface area contributed by atoms with Crippen LogP contribution in [-0.4, -0.2) is 30.4 Å². The van der Waals surface area contributed by atoms with Crippen molar-refractivity contribution >= 4 is 5.91 Å². The Hall–Kier alpha value is -1.42. The van der Waals surface area contributed by atoms with Gasteiger partial charge in [-0.3, -0.25) is 4.79 Å². The summed E-state index contributed by atoms with van der Waals surface area (Å²) in [5, 5.41) is 3.34. The smallest absolute Gasteiger partial charge is 0.230 e. The Bertz CT molecular complexity index is 466. The van der Waals surface area contributed by atoms with Crippen molar-refractivity contribution in [3.05, 3.63) is 35.6 Å². The van der Waals surface area contributed by atoms with Crippen LogP contribution in [0.3, 0.4) is 0 Å². The number of likely N-dealkylation sites (tertiary alicyclic amines) is 1. The Morgan fingerprint density at radius 1 is 1.26 bits per heavy atom. The molecule has 2 saturated heterocycles. The summed E-state index contributed by atoms with van der Waals surface area (Å²) >= 11 is 0. The molecule has 0 aliphatic carbocycles. The zero-order valence-electron chi connectivity index (χ0n) is 11.0. The van der Waals surface area contributed by atoms with Crippen LogP contribution in [0.15, 0.2) is 24.3 Å². The molecule has 0 saturated carbocycles. The highest BCUT2D eigenvalue weighted by Gasteiger charge is 2.46. The molecule has 0 unspecified atom stereocenters. The maximum atomic E-state index is 12.9. The standard InChI is InChI=1S/C15H19FN2O/c16-13-4-2-12(3-5-13)10-18-9-7-15(14(18)19)6-1-8-17-11-15/h2-5,17H,1,6-11H2/t15-/m0/s1. The quantitative estimate of drug-likeness (QED) is 0.883. The lowest BCUT2D eigenvalue weighted by atomic mass is 9.79. The second kappa shape index (κ2) is 4.93. The highest BCUT2D eigenvalue weighted by molar-refractivity contribution is 5.85. The molecule has 1 N–H and O–H groups in total. The summed E-state index contributed by atoms with van der Waals surface area (Å²) in [6, 6.07) is 6.42. The molecular weight excluding hydrogens is 243 g/mol. The summed E-state index contributed by atoms with van der Waals surface area (Å²) < 4.78 is 12.9. The SMILES string of the molecule is O=C1N(Cc2ccc(F)cc2)CC[C@]12CCCNC2. The van der Waals surface area contributed by atoms with Gasteiger partial charge in [-0.25, -0.2) is 4.39 Å². The van der Waals surface area contributed by atoms with E-state index in [2.05, 4.69) is 5.32 Å². The zero-order chi connectivity index (χ0) is 13.3. The van der Waals surface area contributed by atoms with Gasteiger partial charge in [0.05, 0.1) is 5.41 Å². The lowest BCUT2D eigenvalue weighted by Gasteiger charge is -2.32. The monoisotopic (exact) mass is 262 g/mol. The predicted molar refractivity (Wildman–Crippen MR) is 71.0 cm³/mol. The summed E-state index contributed by atoms with van der Waals surface area (Å²) in [5.74, 6) is 0.0356. The van der Waals surface area contributed by atoms with Crippen molar-refractivity contribution in [2.24, 2.45) is 5.41 Å². The number of halogens is 1. The van der Waals surface area contributed by atoms with Crippen LogP contribution in [-0.2, 0) is 11.3 Å². The Labute approximate surface area is 112 Å². The second-order valence-electron chi connectivity index (χ2n) is 5.66. The first-order chi connectivity index (χ1) is 9.20. The summed E-state index contributed by atoms with van der Waals surface area (Å²) in [6.45, 7) is 3.25. The molecule has 1 amide bonds. The van der Waals surface area contributed by atoms with Gasteiger partial charge in [0.15, 0.2) is 0 Å². The molecule has 1 atom stereocenters. The maximum Gasteiger partial charge on any atom is 0.230 e. The molecule has 3 nitrogen and oxygen atoms in total. The molecule has 1 aromatic carbocycles. The topological polar surface area (TPSA) is 32.3 Å². The zero-order valence-corrected chi connectivity index (χ0v) is 11.0. The lowest BCUT2D eigenvalue weighted by molar-refractivity contribution is -0.137. The number of piperidine rings is 1. The highest BCUT2D eigenvalue weighted by atomic mass is 19.1. The van der Waals surface area contributed by atoms with Gasteiger partial charge in [-0.1, -0.05) is 12.1 Å². The van der Waals surface area contributed by atoms with E-state index in [-0.39, 0.29) is 17.1 Å². The first kappa shape index (κ1) is 12.6. The van der Waals surface area contributed by atoms with Crippen molar-refractivity contribution in [1.82, 2.24) is 10.2 Å². The normalized spacial score (nSPS) is 27.2. The van der Waals surface area contributed by atoms with E-state index in [1.165, 1.54) is 12.1 Å². The number of nitrogens with one attached hydrogen (secondary N) is 1. The van der Waals surface area contributed by atoms with Crippen molar-refractivity contribution in [2.45, 2.75) is 25.8 Å². The van der Waals surface area contributed by atoms with E-state index in [0.717, 1.165) is 44.5 Å². The predicted octanol–water partition coefficient (Wildman–Crippen LogP) is 1.93. The summed E-state index contributed by atoms with van der Waals surface area (Å²) in [5.41, 5.74) is 0.828. The molecule has 102 valence electrons. The Morgan fingerprint density at radius 3 is 2.74 bits per heavy atom. The minimum absolute atomic E-state index is 0.168. The van der Waals surface area contributed by atoms with E-state index < -0.39 is 0 Å². The molecule has 1 aromatic rings. The average molecular weight is 262 g/mol. The molecule has 3 rings (SSSR count).